The fraction of sp³-hybridized carbons (Fsp3) is 0.0377. The van der Waals surface area contributed by atoms with Crippen molar-refractivity contribution in [2.75, 3.05) is 0 Å². The molecular formula is C53H35N3. The molecule has 0 bridgehead atoms. The van der Waals surface area contributed by atoms with Crippen molar-refractivity contribution in [1.29, 1.82) is 0 Å². The van der Waals surface area contributed by atoms with Crippen molar-refractivity contribution in [3.63, 3.8) is 0 Å². The van der Waals surface area contributed by atoms with Crippen molar-refractivity contribution in [2.45, 2.75) is 11.8 Å². The highest BCUT2D eigenvalue weighted by atomic mass is 15.0. The van der Waals surface area contributed by atoms with Crippen LogP contribution in [-0.2, 0) is 11.8 Å². The zero-order chi connectivity index (χ0) is 37.1. The first-order valence-electron chi connectivity index (χ1n) is 19.2. The lowest BCUT2D eigenvalue weighted by molar-refractivity contribution is 0.722. The molecule has 0 fully saturated rings. The molecule has 11 rings (SSSR count). The molecule has 1 heterocycles. The molecule has 2 aliphatic carbocycles. The number of nitrogens with zero attached hydrogens (tertiary/aromatic N) is 3. The quantitative estimate of drug-likeness (QED) is 0.178. The maximum Gasteiger partial charge on any atom is 0.164 e. The highest BCUT2D eigenvalue weighted by Crippen LogP contribution is 2.59. The summed E-state index contributed by atoms with van der Waals surface area (Å²) in [6.07, 6.45) is 0.865. The number of fused-ring (bicyclic) bond motifs is 9. The second-order valence-corrected chi connectivity index (χ2v) is 14.7. The van der Waals surface area contributed by atoms with E-state index in [1.807, 2.05) is 12.1 Å². The van der Waals surface area contributed by atoms with Gasteiger partial charge in [0.1, 0.15) is 0 Å². The first-order valence-corrected chi connectivity index (χ1v) is 19.2. The summed E-state index contributed by atoms with van der Waals surface area (Å²) in [5, 5.41) is 0. The average molecular weight is 714 g/mol. The Balaban J connectivity index is 1.14. The maximum absolute atomic E-state index is 5.29. The van der Waals surface area contributed by atoms with Crippen LogP contribution in [0, 0.1) is 0 Å². The molecule has 0 saturated carbocycles. The van der Waals surface area contributed by atoms with Gasteiger partial charge in [-0.05, 0) is 91.4 Å². The summed E-state index contributed by atoms with van der Waals surface area (Å²) in [7, 11) is 0. The molecule has 262 valence electrons. The van der Waals surface area contributed by atoms with E-state index in [4.69, 9.17) is 15.0 Å². The van der Waals surface area contributed by atoms with Crippen LogP contribution in [0.4, 0.5) is 0 Å². The van der Waals surface area contributed by atoms with Gasteiger partial charge in [0.25, 0.3) is 0 Å². The Kier molecular flexibility index (Phi) is 7.46. The SMILES string of the molecule is c1ccc(-c2cccc(-c3nc(-c4cccc(-c5ccccc5)c4)nc(-c4ccc5c(c4)C4(c6ccccc6C5)c5ccccc5-c5ccccc54)n3)c2)cc1. The van der Waals surface area contributed by atoms with Gasteiger partial charge in [-0.1, -0.05) is 182 Å². The van der Waals surface area contributed by atoms with Crippen LogP contribution in [0.1, 0.15) is 33.4 Å². The zero-order valence-electron chi connectivity index (χ0n) is 30.6. The molecule has 8 aromatic carbocycles. The van der Waals surface area contributed by atoms with Crippen molar-refractivity contribution < 1.29 is 0 Å². The van der Waals surface area contributed by atoms with Gasteiger partial charge in [-0.15, -0.1) is 0 Å². The van der Waals surface area contributed by atoms with Crippen LogP contribution >= 0.6 is 0 Å². The minimum atomic E-state index is -0.472. The lowest BCUT2D eigenvalue weighted by atomic mass is 9.61. The van der Waals surface area contributed by atoms with Gasteiger partial charge in [-0.3, -0.25) is 0 Å². The van der Waals surface area contributed by atoms with Gasteiger partial charge in [-0.2, -0.15) is 0 Å². The normalized spacial score (nSPS) is 13.1. The van der Waals surface area contributed by atoms with Crippen molar-refractivity contribution >= 4 is 0 Å². The number of hydrogen-bond acceptors (Lipinski definition) is 3. The summed E-state index contributed by atoms with van der Waals surface area (Å²) in [6, 6.07) is 71.7. The molecule has 56 heavy (non-hydrogen) atoms. The molecule has 0 N–H and O–H groups in total. The Morgan fingerprint density at radius 2 is 0.696 bits per heavy atom. The second kappa shape index (κ2) is 13.0. The van der Waals surface area contributed by atoms with E-state index in [1.165, 1.54) is 44.5 Å². The fourth-order valence-electron chi connectivity index (χ4n) is 9.12. The van der Waals surface area contributed by atoms with E-state index >= 15 is 0 Å². The Morgan fingerprint density at radius 1 is 0.286 bits per heavy atom. The number of benzene rings is 8. The van der Waals surface area contributed by atoms with E-state index in [0.29, 0.717) is 17.5 Å². The van der Waals surface area contributed by atoms with Crippen molar-refractivity contribution in [3.05, 3.63) is 234 Å². The highest BCUT2D eigenvalue weighted by molar-refractivity contribution is 5.88. The first kappa shape index (κ1) is 32.2. The van der Waals surface area contributed by atoms with E-state index in [2.05, 4.69) is 188 Å². The highest BCUT2D eigenvalue weighted by Gasteiger charge is 2.49. The molecule has 0 aliphatic heterocycles. The van der Waals surface area contributed by atoms with E-state index in [0.717, 1.165) is 45.4 Å². The molecule has 2 aliphatic rings. The maximum atomic E-state index is 5.29. The van der Waals surface area contributed by atoms with Crippen LogP contribution in [0.15, 0.2) is 200 Å². The fourth-order valence-corrected chi connectivity index (χ4v) is 9.12. The van der Waals surface area contributed by atoms with Gasteiger partial charge in [0, 0.05) is 16.7 Å². The van der Waals surface area contributed by atoms with Crippen molar-refractivity contribution in [1.82, 2.24) is 15.0 Å². The Hall–Kier alpha value is -7.23. The smallest absolute Gasteiger partial charge is 0.164 e. The molecule has 0 atom stereocenters. The summed E-state index contributed by atoms with van der Waals surface area (Å²) < 4.78 is 0. The van der Waals surface area contributed by atoms with Crippen LogP contribution in [0.2, 0.25) is 0 Å². The van der Waals surface area contributed by atoms with Crippen LogP contribution in [0.5, 0.6) is 0 Å². The third kappa shape index (κ3) is 5.09. The number of aromatic nitrogens is 3. The lowest BCUT2D eigenvalue weighted by Gasteiger charge is -2.40. The second-order valence-electron chi connectivity index (χ2n) is 14.7. The molecule has 9 aromatic rings. The molecule has 1 spiro atoms. The topological polar surface area (TPSA) is 38.7 Å². The largest absolute Gasteiger partial charge is 0.208 e. The summed E-state index contributed by atoms with van der Waals surface area (Å²) in [4.78, 5) is 15.8. The van der Waals surface area contributed by atoms with E-state index in [9.17, 15) is 0 Å². The molecule has 0 radical (unpaired) electrons. The summed E-state index contributed by atoms with van der Waals surface area (Å²) in [6.45, 7) is 0. The van der Waals surface area contributed by atoms with Crippen LogP contribution in [-0.4, -0.2) is 15.0 Å². The van der Waals surface area contributed by atoms with Crippen molar-refractivity contribution in [3.8, 4) is 67.5 Å². The van der Waals surface area contributed by atoms with Crippen LogP contribution in [0.25, 0.3) is 67.5 Å². The number of hydrogen-bond donors (Lipinski definition) is 0. The Labute approximate surface area is 326 Å². The van der Waals surface area contributed by atoms with Gasteiger partial charge in [0.15, 0.2) is 17.5 Å². The van der Waals surface area contributed by atoms with Gasteiger partial charge in [0.2, 0.25) is 0 Å². The molecule has 0 saturated heterocycles. The Bertz CT molecular complexity index is 2800. The van der Waals surface area contributed by atoms with Crippen molar-refractivity contribution in [2.24, 2.45) is 0 Å². The molecular weight excluding hydrogens is 679 g/mol. The molecule has 3 nitrogen and oxygen atoms in total. The molecule has 3 heteroatoms. The predicted molar refractivity (Wildman–Crippen MR) is 227 cm³/mol. The molecule has 0 amide bonds. The average Bonchev–Trinajstić information content (AvgIpc) is 3.57. The molecule has 0 unspecified atom stereocenters. The third-order valence-electron chi connectivity index (χ3n) is 11.6. The minimum Gasteiger partial charge on any atom is -0.208 e. The molecule has 1 aromatic heterocycles. The summed E-state index contributed by atoms with van der Waals surface area (Å²) >= 11 is 0. The summed E-state index contributed by atoms with van der Waals surface area (Å²) in [5.74, 6) is 1.93. The van der Waals surface area contributed by atoms with Crippen LogP contribution in [0.3, 0.4) is 0 Å². The van der Waals surface area contributed by atoms with Gasteiger partial charge in [-0.25, -0.2) is 15.0 Å². The van der Waals surface area contributed by atoms with Gasteiger partial charge >= 0.3 is 0 Å². The lowest BCUT2D eigenvalue weighted by Crippen LogP contribution is -2.34. The van der Waals surface area contributed by atoms with E-state index in [1.54, 1.807) is 0 Å². The van der Waals surface area contributed by atoms with E-state index in [-0.39, 0.29) is 0 Å². The van der Waals surface area contributed by atoms with Gasteiger partial charge < -0.3 is 0 Å². The third-order valence-corrected chi connectivity index (χ3v) is 11.6. The first-order chi connectivity index (χ1) is 27.7. The number of rotatable bonds is 5. The van der Waals surface area contributed by atoms with E-state index < -0.39 is 5.41 Å². The predicted octanol–water partition coefficient (Wildman–Crippen LogP) is 12.5. The standard InChI is InChI=1S/C53H35N3/c1-3-15-35(16-4-1)37-20-13-22-41(31-37)50-54-51(42-23-14-21-38(32-42)36-17-5-2-6-18-36)56-52(55-50)43-30-29-40-33-39-19-7-10-26-46(39)53(49(40)34-43)47-27-11-8-24-44(47)45-25-9-12-28-48(45)53/h1-32,34H,33H2. The van der Waals surface area contributed by atoms with Crippen LogP contribution < -0.4 is 0 Å². The monoisotopic (exact) mass is 713 g/mol. The summed E-state index contributed by atoms with van der Waals surface area (Å²) in [5.41, 5.74) is 17.4. The minimum absolute atomic E-state index is 0.472. The van der Waals surface area contributed by atoms with Gasteiger partial charge in [0.05, 0.1) is 5.41 Å². The Morgan fingerprint density at radius 3 is 1.25 bits per heavy atom. The zero-order valence-corrected chi connectivity index (χ0v) is 30.6.